The van der Waals surface area contributed by atoms with E-state index < -0.39 is 0 Å². The van der Waals surface area contributed by atoms with E-state index >= 15 is 0 Å². The van der Waals surface area contributed by atoms with Crippen molar-refractivity contribution in [3.8, 4) is 0 Å². The van der Waals surface area contributed by atoms with Gasteiger partial charge in [0.25, 0.3) is 0 Å². The van der Waals surface area contributed by atoms with Gasteiger partial charge in [0.1, 0.15) is 5.82 Å². The van der Waals surface area contributed by atoms with Crippen LogP contribution >= 0.6 is 11.6 Å². The van der Waals surface area contributed by atoms with Crippen LogP contribution in [0.4, 0.5) is 4.39 Å². The van der Waals surface area contributed by atoms with Crippen LogP contribution < -0.4 is 5.32 Å². The molecule has 0 bridgehead atoms. The first-order valence-electron chi connectivity index (χ1n) is 8.72. The van der Waals surface area contributed by atoms with Crippen LogP contribution in [0.1, 0.15) is 30.7 Å². The van der Waals surface area contributed by atoms with E-state index in [-0.39, 0.29) is 11.4 Å². The maximum absolute atomic E-state index is 13.1. The fraction of sp³-hybridized carbons (Fsp3) is 0.333. The minimum Gasteiger partial charge on any atom is -0.344 e. The van der Waals surface area contributed by atoms with E-state index in [1.54, 1.807) is 0 Å². The Labute approximate surface area is 152 Å². The average Bonchev–Trinajstić information content (AvgIpc) is 2.85. The lowest BCUT2D eigenvalue weighted by atomic mass is 9.91. The van der Waals surface area contributed by atoms with Gasteiger partial charge in [0.05, 0.1) is 0 Å². The SMILES string of the molecule is CC1(C)Cc2c(c3cc(Cl)ccc3n2CCc2ccc(F)cc2)CN1. The van der Waals surface area contributed by atoms with Crippen molar-refractivity contribution in [2.75, 3.05) is 0 Å². The molecule has 0 radical (unpaired) electrons. The number of hydrogen-bond donors (Lipinski definition) is 1. The molecule has 0 amide bonds. The second-order valence-electron chi connectivity index (χ2n) is 7.53. The summed E-state index contributed by atoms with van der Waals surface area (Å²) in [6, 6.07) is 13.0. The Kier molecular flexibility index (Phi) is 4.09. The van der Waals surface area contributed by atoms with Crippen LogP contribution in [-0.2, 0) is 25.9 Å². The quantitative estimate of drug-likeness (QED) is 0.690. The first kappa shape index (κ1) is 16.6. The minimum absolute atomic E-state index is 0.0821. The Morgan fingerprint density at radius 2 is 1.92 bits per heavy atom. The molecule has 4 heteroatoms. The van der Waals surface area contributed by atoms with Crippen molar-refractivity contribution < 1.29 is 4.39 Å². The van der Waals surface area contributed by atoms with E-state index in [4.69, 9.17) is 11.6 Å². The maximum atomic E-state index is 13.1. The normalized spacial score (nSPS) is 16.2. The van der Waals surface area contributed by atoms with Crippen LogP contribution in [0, 0.1) is 5.82 Å². The molecule has 2 nitrogen and oxygen atoms in total. The summed E-state index contributed by atoms with van der Waals surface area (Å²) in [5, 5.41) is 5.64. The zero-order valence-corrected chi connectivity index (χ0v) is 15.3. The zero-order chi connectivity index (χ0) is 17.6. The van der Waals surface area contributed by atoms with Crippen molar-refractivity contribution in [3.05, 3.63) is 70.1 Å². The molecule has 4 rings (SSSR count). The summed E-state index contributed by atoms with van der Waals surface area (Å²) < 4.78 is 15.6. The van der Waals surface area contributed by atoms with Gasteiger partial charge in [-0.3, -0.25) is 0 Å². The number of benzene rings is 2. The van der Waals surface area contributed by atoms with Crippen molar-refractivity contribution in [3.63, 3.8) is 0 Å². The van der Waals surface area contributed by atoms with E-state index in [0.29, 0.717) is 0 Å². The largest absolute Gasteiger partial charge is 0.344 e. The molecule has 0 saturated heterocycles. The number of rotatable bonds is 3. The predicted octanol–water partition coefficient (Wildman–Crippen LogP) is 5.10. The third kappa shape index (κ3) is 3.19. The first-order valence-corrected chi connectivity index (χ1v) is 9.10. The van der Waals surface area contributed by atoms with Crippen LogP contribution in [-0.4, -0.2) is 10.1 Å². The summed E-state index contributed by atoms with van der Waals surface area (Å²) in [5.41, 5.74) is 5.22. The summed E-state index contributed by atoms with van der Waals surface area (Å²) in [6.07, 6.45) is 1.87. The summed E-state index contributed by atoms with van der Waals surface area (Å²) in [6.45, 7) is 6.23. The number of aryl methyl sites for hydroxylation is 2. The molecule has 2 aromatic carbocycles. The van der Waals surface area contributed by atoms with Gasteiger partial charge in [0.2, 0.25) is 0 Å². The highest BCUT2D eigenvalue weighted by Crippen LogP contribution is 2.34. The summed E-state index contributed by atoms with van der Waals surface area (Å²) >= 11 is 6.25. The van der Waals surface area contributed by atoms with Crippen molar-refractivity contribution in [2.24, 2.45) is 0 Å². The van der Waals surface area contributed by atoms with Gasteiger partial charge in [-0.25, -0.2) is 4.39 Å². The monoisotopic (exact) mass is 356 g/mol. The Hall–Kier alpha value is -1.84. The molecule has 2 heterocycles. The van der Waals surface area contributed by atoms with Crippen LogP contribution in [0.15, 0.2) is 42.5 Å². The molecule has 1 aromatic heterocycles. The van der Waals surface area contributed by atoms with E-state index in [1.807, 2.05) is 18.2 Å². The van der Waals surface area contributed by atoms with Crippen LogP contribution in [0.5, 0.6) is 0 Å². The number of halogens is 2. The lowest BCUT2D eigenvalue weighted by Crippen LogP contribution is -2.44. The fourth-order valence-corrected chi connectivity index (χ4v) is 3.98. The molecular formula is C21H22ClFN2. The second-order valence-corrected chi connectivity index (χ2v) is 7.97. The Morgan fingerprint density at radius 1 is 1.16 bits per heavy atom. The second kappa shape index (κ2) is 6.15. The molecule has 1 aliphatic rings. The molecule has 0 aliphatic carbocycles. The Bertz CT molecular complexity index is 925. The molecule has 0 atom stereocenters. The summed E-state index contributed by atoms with van der Waals surface area (Å²) in [5.74, 6) is -0.185. The highest BCUT2D eigenvalue weighted by Gasteiger charge is 2.29. The summed E-state index contributed by atoms with van der Waals surface area (Å²) in [4.78, 5) is 0. The Balaban J connectivity index is 1.75. The third-order valence-corrected chi connectivity index (χ3v) is 5.37. The van der Waals surface area contributed by atoms with E-state index in [2.05, 4.69) is 35.9 Å². The van der Waals surface area contributed by atoms with Crippen LogP contribution in [0.3, 0.4) is 0 Å². The van der Waals surface area contributed by atoms with Crippen molar-refractivity contribution >= 4 is 22.5 Å². The molecule has 0 unspecified atom stereocenters. The van der Waals surface area contributed by atoms with Gasteiger partial charge < -0.3 is 9.88 Å². The number of aromatic nitrogens is 1. The number of hydrogen-bond acceptors (Lipinski definition) is 1. The van der Waals surface area contributed by atoms with Crippen LogP contribution in [0.2, 0.25) is 5.02 Å². The molecule has 0 spiro atoms. The topological polar surface area (TPSA) is 17.0 Å². The van der Waals surface area contributed by atoms with Gasteiger partial charge in [-0.2, -0.15) is 0 Å². The summed E-state index contributed by atoms with van der Waals surface area (Å²) in [7, 11) is 0. The first-order chi connectivity index (χ1) is 11.9. The smallest absolute Gasteiger partial charge is 0.123 e. The van der Waals surface area contributed by atoms with E-state index in [0.717, 1.165) is 36.5 Å². The zero-order valence-electron chi connectivity index (χ0n) is 14.6. The van der Waals surface area contributed by atoms with Gasteiger partial charge in [0.15, 0.2) is 0 Å². The van der Waals surface area contributed by atoms with Crippen molar-refractivity contribution in [1.29, 1.82) is 0 Å². The van der Waals surface area contributed by atoms with Gasteiger partial charge in [-0.05, 0) is 61.7 Å². The van der Waals surface area contributed by atoms with Gasteiger partial charge >= 0.3 is 0 Å². The molecule has 0 saturated carbocycles. The molecule has 130 valence electrons. The molecule has 25 heavy (non-hydrogen) atoms. The molecule has 1 N–H and O–H groups in total. The Morgan fingerprint density at radius 3 is 2.68 bits per heavy atom. The number of nitrogens with one attached hydrogen (secondary N) is 1. The lowest BCUT2D eigenvalue weighted by molar-refractivity contribution is 0.353. The molecular weight excluding hydrogens is 335 g/mol. The molecule has 0 fully saturated rings. The highest BCUT2D eigenvalue weighted by molar-refractivity contribution is 6.31. The lowest BCUT2D eigenvalue weighted by Gasteiger charge is -2.32. The third-order valence-electron chi connectivity index (χ3n) is 5.14. The molecule has 1 aliphatic heterocycles. The van der Waals surface area contributed by atoms with Gasteiger partial charge in [-0.15, -0.1) is 0 Å². The highest BCUT2D eigenvalue weighted by atomic mass is 35.5. The number of fused-ring (bicyclic) bond motifs is 3. The average molecular weight is 357 g/mol. The predicted molar refractivity (Wildman–Crippen MR) is 102 cm³/mol. The number of nitrogens with zero attached hydrogens (tertiary/aromatic N) is 1. The van der Waals surface area contributed by atoms with Gasteiger partial charge in [-0.1, -0.05) is 23.7 Å². The molecule has 3 aromatic rings. The maximum Gasteiger partial charge on any atom is 0.123 e. The standard InChI is InChI=1S/C21H22ClFN2/c1-21(2)12-20-18(13-24-21)17-11-15(22)5-8-19(17)25(20)10-9-14-3-6-16(23)7-4-14/h3-8,11,24H,9-10,12-13H2,1-2H3. The van der Waals surface area contributed by atoms with Crippen molar-refractivity contribution in [2.45, 2.75) is 45.3 Å². The minimum atomic E-state index is -0.185. The fourth-order valence-electron chi connectivity index (χ4n) is 3.80. The van der Waals surface area contributed by atoms with E-state index in [1.165, 1.54) is 34.3 Å². The van der Waals surface area contributed by atoms with Gasteiger partial charge in [0, 0.05) is 46.7 Å². The van der Waals surface area contributed by atoms with E-state index in [9.17, 15) is 4.39 Å². The van der Waals surface area contributed by atoms with Crippen molar-refractivity contribution in [1.82, 2.24) is 9.88 Å². The van der Waals surface area contributed by atoms with Crippen LogP contribution in [0.25, 0.3) is 10.9 Å².